The maximum Gasteiger partial charge on any atom is 0.455 e. The molecule has 2 N–H and O–H groups in total. The summed E-state index contributed by atoms with van der Waals surface area (Å²) in [6.07, 6.45) is 1.85. The van der Waals surface area contributed by atoms with Crippen molar-refractivity contribution in [3.05, 3.63) is 27.9 Å². The molecule has 62 valence electrons. The third-order valence-electron chi connectivity index (χ3n) is 1.81. The zero-order valence-electron chi connectivity index (χ0n) is 6.50. The molecule has 2 rings (SSSR count). The number of aromatic amines is 1. The Kier molecular flexibility index (Phi) is 1.44. The number of rotatable bonds is 0. The molecule has 12 heavy (non-hydrogen) atoms. The molecular weight excluding hydrogens is 174 g/mol. The van der Waals surface area contributed by atoms with E-state index in [1.165, 1.54) is 0 Å². The Balaban J connectivity index is 2.98. The van der Waals surface area contributed by atoms with Gasteiger partial charge in [-0.1, -0.05) is 0 Å². The Bertz CT molecular complexity index is 483. The number of benzene rings is 1. The number of aromatic hydroxyl groups is 1. The summed E-state index contributed by atoms with van der Waals surface area (Å²) in [6, 6.07) is 4.93. The molecule has 0 aliphatic rings. The Hall–Kier alpha value is -1.29. The predicted octanol–water partition coefficient (Wildman–Crippen LogP) is 1.52. The second-order valence-electron chi connectivity index (χ2n) is 2.60. The molecule has 0 radical (unpaired) electrons. The van der Waals surface area contributed by atoms with Crippen LogP contribution in [-0.2, 0) is 6.26 Å². The number of phenolic OH excluding ortho intramolecular Hbond substituents is 1. The number of aromatic nitrogens is 1. The standard InChI is InChI=1S/C8H7NO2S/c1-12-7-4-5(10)2-3-6(7)9-8(12)11/h2-4H,1H3,(H-,9,10,11)/p+1. The van der Waals surface area contributed by atoms with Gasteiger partial charge in [-0.2, -0.15) is 0 Å². The van der Waals surface area contributed by atoms with E-state index < -0.39 is 10.5 Å². The van der Waals surface area contributed by atoms with Gasteiger partial charge in [0, 0.05) is 16.5 Å². The van der Waals surface area contributed by atoms with E-state index in [1.807, 2.05) is 6.26 Å². The lowest BCUT2D eigenvalue weighted by atomic mass is 10.3. The fraction of sp³-hybridized carbons (Fsp3) is 0.125. The lowest BCUT2D eigenvalue weighted by Crippen LogP contribution is -1.93. The molecule has 0 saturated carbocycles. The highest BCUT2D eigenvalue weighted by molar-refractivity contribution is 7.33. The zero-order valence-corrected chi connectivity index (χ0v) is 7.31. The van der Waals surface area contributed by atoms with Gasteiger partial charge in [0.25, 0.3) is 0 Å². The van der Waals surface area contributed by atoms with Crippen molar-refractivity contribution in [1.82, 2.24) is 4.98 Å². The second-order valence-corrected chi connectivity index (χ2v) is 4.43. The van der Waals surface area contributed by atoms with Crippen molar-refractivity contribution in [2.75, 3.05) is 0 Å². The molecule has 3 nitrogen and oxygen atoms in total. The van der Waals surface area contributed by atoms with E-state index in [1.54, 1.807) is 18.2 Å². The molecule has 0 saturated heterocycles. The van der Waals surface area contributed by atoms with Gasteiger partial charge in [0.2, 0.25) is 4.70 Å². The van der Waals surface area contributed by atoms with Crippen LogP contribution in [0, 0.1) is 0 Å². The van der Waals surface area contributed by atoms with E-state index in [-0.39, 0.29) is 10.6 Å². The van der Waals surface area contributed by atoms with Crippen LogP contribution < -0.4 is 4.87 Å². The van der Waals surface area contributed by atoms with Gasteiger partial charge in [-0.25, -0.2) is 4.79 Å². The van der Waals surface area contributed by atoms with Crippen LogP contribution in [0.15, 0.2) is 23.0 Å². The molecule has 4 heteroatoms. The van der Waals surface area contributed by atoms with Crippen LogP contribution in [0.4, 0.5) is 0 Å². The van der Waals surface area contributed by atoms with E-state index >= 15 is 0 Å². The molecule has 0 amide bonds. The summed E-state index contributed by atoms with van der Waals surface area (Å²) in [5, 5.41) is 9.17. The minimum Gasteiger partial charge on any atom is -0.508 e. The summed E-state index contributed by atoms with van der Waals surface area (Å²) < 4.78 is 0.903. The summed E-state index contributed by atoms with van der Waals surface area (Å²) in [4.78, 5) is 13.9. The van der Waals surface area contributed by atoms with Gasteiger partial charge in [0.15, 0.2) is 0 Å². The number of fused-ring (bicyclic) bond motifs is 1. The van der Waals surface area contributed by atoms with Gasteiger partial charge in [-0.05, 0) is 12.1 Å². The van der Waals surface area contributed by atoms with Crippen molar-refractivity contribution in [3.63, 3.8) is 0 Å². The summed E-state index contributed by atoms with van der Waals surface area (Å²) in [5.41, 5.74) is 0.823. The number of thiazole rings is 1. The SMILES string of the molecule is C[s+]1c(=O)[nH]c2ccc(O)cc21. The lowest BCUT2D eigenvalue weighted by molar-refractivity contribution is 0.476. The number of H-pyrrole nitrogens is 1. The molecule has 0 spiro atoms. The summed E-state index contributed by atoms with van der Waals surface area (Å²) in [7, 11) is -0.413. The molecule has 0 fully saturated rings. The Morgan fingerprint density at radius 1 is 1.50 bits per heavy atom. The molecule has 1 heterocycles. The maximum atomic E-state index is 11.2. The van der Waals surface area contributed by atoms with Crippen molar-refractivity contribution in [1.29, 1.82) is 0 Å². The quantitative estimate of drug-likeness (QED) is 0.607. The van der Waals surface area contributed by atoms with Crippen molar-refractivity contribution < 1.29 is 5.11 Å². The average Bonchev–Trinajstić information content (AvgIpc) is 2.31. The van der Waals surface area contributed by atoms with E-state index in [2.05, 4.69) is 4.98 Å². The van der Waals surface area contributed by atoms with Gasteiger partial charge in [0.1, 0.15) is 17.5 Å². The third kappa shape index (κ3) is 0.921. The minimum atomic E-state index is -0.413. The smallest absolute Gasteiger partial charge is 0.455 e. The highest BCUT2D eigenvalue weighted by atomic mass is 32.2. The summed E-state index contributed by atoms with van der Waals surface area (Å²) >= 11 is 0. The minimum absolute atomic E-state index is 0.0237. The lowest BCUT2D eigenvalue weighted by Gasteiger charge is -1.86. The van der Waals surface area contributed by atoms with E-state index in [4.69, 9.17) is 5.11 Å². The second kappa shape index (κ2) is 2.35. The van der Waals surface area contributed by atoms with Crippen LogP contribution in [0.5, 0.6) is 5.75 Å². The fourth-order valence-electron chi connectivity index (χ4n) is 1.15. The molecular formula is C8H8NO2S+. The highest BCUT2D eigenvalue weighted by Gasteiger charge is 2.13. The zero-order chi connectivity index (χ0) is 8.72. The number of hydrogen-bond acceptors (Lipinski definition) is 2. The molecule has 1 unspecified atom stereocenters. The van der Waals surface area contributed by atoms with Crippen LogP contribution in [0.25, 0.3) is 10.2 Å². The molecule has 0 aliphatic carbocycles. The van der Waals surface area contributed by atoms with Crippen LogP contribution in [0.3, 0.4) is 0 Å². The number of aryl methyl sites for hydroxylation is 1. The van der Waals surface area contributed by atoms with Crippen molar-refractivity contribution in [3.8, 4) is 5.75 Å². The summed E-state index contributed by atoms with van der Waals surface area (Å²) in [5.74, 6) is 0.213. The fourth-order valence-corrected chi connectivity index (χ4v) is 2.36. The molecule has 1 aromatic carbocycles. The predicted molar refractivity (Wildman–Crippen MR) is 49.7 cm³/mol. The molecule has 1 aromatic heterocycles. The van der Waals surface area contributed by atoms with Crippen molar-refractivity contribution in [2.24, 2.45) is 6.26 Å². The van der Waals surface area contributed by atoms with Crippen LogP contribution in [-0.4, -0.2) is 10.1 Å². The molecule has 2 aromatic rings. The first-order chi connectivity index (χ1) is 5.68. The van der Waals surface area contributed by atoms with E-state index in [9.17, 15) is 4.79 Å². The van der Waals surface area contributed by atoms with E-state index in [0.29, 0.717) is 0 Å². The molecule has 0 bridgehead atoms. The van der Waals surface area contributed by atoms with Crippen LogP contribution >= 0.6 is 10.5 Å². The van der Waals surface area contributed by atoms with Crippen LogP contribution in [0.1, 0.15) is 0 Å². The monoisotopic (exact) mass is 182 g/mol. The van der Waals surface area contributed by atoms with Gasteiger partial charge >= 0.3 is 4.87 Å². The van der Waals surface area contributed by atoms with Gasteiger partial charge < -0.3 is 5.11 Å². The van der Waals surface area contributed by atoms with Gasteiger partial charge in [0.05, 0.1) is 0 Å². The first-order valence-corrected chi connectivity index (χ1v) is 5.12. The average molecular weight is 182 g/mol. The van der Waals surface area contributed by atoms with Gasteiger partial charge in [-0.15, -0.1) is 0 Å². The number of hydrogen-bond donors (Lipinski definition) is 2. The van der Waals surface area contributed by atoms with Crippen LogP contribution in [0.2, 0.25) is 0 Å². The largest absolute Gasteiger partial charge is 0.508 e. The molecule has 1 atom stereocenters. The Morgan fingerprint density at radius 2 is 2.25 bits per heavy atom. The highest BCUT2D eigenvalue weighted by Crippen LogP contribution is 2.25. The van der Waals surface area contributed by atoms with Crippen molar-refractivity contribution >= 4 is 20.7 Å². The Labute approximate surface area is 71.3 Å². The molecule has 0 aliphatic heterocycles. The number of phenols is 1. The maximum absolute atomic E-state index is 11.2. The van der Waals surface area contributed by atoms with Crippen molar-refractivity contribution in [2.45, 2.75) is 0 Å². The topological polar surface area (TPSA) is 53.1 Å². The normalized spacial score (nSPS) is 12.2. The Morgan fingerprint density at radius 3 is 3.00 bits per heavy atom. The van der Waals surface area contributed by atoms with E-state index in [0.717, 1.165) is 10.2 Å². The third-order valence-corrected chi connectivity index (χ3v) is 3.47. The first-order valence-electron chi connectivity index (χ1n) is 3.48. The summed E-state index contributed by atoms with van der Waals surface area (Å²) in [6.45, 7) is 0. The first kappa shape index (κ1) is 7.36. The number of nitrogens with one attached hydrogen (secondary N) is 1. The van der Waals surface area contributed by atoms with Gasteiger partial charge in [-0.3, -0.25) is 4.98 Å².